The van der Waals surface area contributed by atoms with Gasteiger partial charge in [0.15, 0.2) is 6.10 Å². The van der Waals surface area contributed by atoms with E-state index in [1.54, 1.807) is 24.3 Å². The average Bonchev–Trinajstić information content (AvgIpc) is 2.72. The number of amides is 1. The summed E-state index contributed by atoms with van der Waals surface area (Å²) in [7, 11) is 1.31. The van der Waals surface area contributed by atoms with Gasteiger partial charge in [0.1, 0.15) is 12.7 Å². The number of hydrogen-bond acceptors (Lipinski definition) is 4. The van der Waals surface area contributed by atoms with Gasteiger partial charge in [-0.2, -0.15) is 0 Å². The molecule has 0 aromatic heterocycles. The fourth-order valence-corrected chi connectivity index (χ4v) is 2.86. The molecule has 1 unspecified atom stereocenters. The van der Waals surface area contributed by atoms with E-state index >= 15 is 0 Å². The van der Waals surface area contributed by atoms with E-state index in [1.165, 1.54) is 12.7 Å². The molecule has 2 aromatic carbocycles. The molecule has 2 aromatic rings. The van der Waals surface area contributed by atoms with Crippen LogP contribution in [0, 0.1) is 0 Å². The molecule has 0 radical (unpaired) electrons. The number of benzene rings is 2. The summed E-state index contributed by atoms with van der Waals surface area (Å²) in [5, 5.41) is 12.2. The molecule has 0 heterocycles. The second-order valence-corrected chi connectivity index (χ2v) is 6.41. The maximum atomic E-state index is 12.1. The smallest absolute Gasteiger partial charge is 0.335 e. The van der Waals surface area contributed by atoms with Gasteiger partial charge in [0.05, 0.1) is 0 Å². The molecule has 2 N–H and O–H groups in total. The van der Waals surface area contributed by atoms with Crippen LogP contribution >= 0.6 is 0 Å². The van der Waals surface area contributed by atoms with Crippen LogP contribution < -0.4 is 5.32 Å². The van der Waals surface area contributed by atoms with Crippen LogP contribution in [-0.2, 0) is 31.9 Å². The monoisotopic (exact) mass is 385 g/mol. The van der Waals surface area contributed by atoms with Gasteiger partial charge in [0.2, 0.25) is 5.91 Å². The third kappa shape index (κ3) is 6.48. The van der Waals surface area contributed by atoms with Gasteiger partial charge >= 0.3 is 5.97 Å². The van der Waals surface area contributed by atoms with Gasteiger partial charge in [-0.3, -0.25) is 4.79 Å². The number of aryl methyl sites for hydroxylation is 1. The molecule has 6 heteroatoms. The van der Waals surface area contributed by atoms with Gasteiger partial charge in [-0.1, -0.05) is 61.5 Å². The number of carbonyl (C=O) groups is 2. The van der Waals surface area contributed by atoms with Crippen molar-refractivity contribution in [1.82, 2.24) is 5.32 Å². The van der Waals surface area contributed by atoms with E-state index in [1.807, 2.05) is 6.07 Å². The minimum atomic E-state index is -1.20. The molecule has 28 heavy (non-hydrogen) atoms. The number of carboxylic acids is 1. The van der Waals surface area contributed by atoms with E-state index in [0.717, 1.165) is 12.0 Å². The quantitative estimate of drug-likeness (QED) is 0.621. The predicted octanol–water partition coefficient (Wildman–Crippen LogP) is 2.77. The van der Waals surface area contributed by atoms with Crippen LogP contribution in [0.4, 0.5) is 0 Å². The lowest BCUT2D eigenvalue weighted by Gasteiger charge is -2.23. The summed E-state index contributed by atoms with van der Waals surface area (Å²) in [6, 6.07) is 17.2. The summed E-state index contributed by atoms with van der Waals surface area (Å²) in [6.07, 6.45) is -0.369. The van der Waals surface area contributed by atoms with Gasteiger partial charge in [0.25, 0.3) is 0 Å². The number of rotatable bonds is 11. The number of carbonyl (C=O) groups excluding carboxylic acids is 1. The Bertz CT molecular complexity index is 745. The molecule has 0 aliphatic heterocycles. The van der Waals surface area contributed by atoms with E-state index in [-0.39, 0.29) is 12.5 Å². The molecular formula is C22H27NO5. The minimum absolute atomic E-state index is 0.249. The summed E-state index contributed by atoms with van der Waals surface area (Å²) < 4.78 is 10.7. The maximum absolute atomic E-state index is 12.1. The molecule has 6 nitrogen and oxygen atoms in total. The number of hydrogen-bond donors (Lipinski definition) is 2. The number of carboxylic acid groups (broad SMARTS) is 1. The highest BCUT2D eigenvalue weighted by Crippen LogP contribution is 2.23. The number of nitrogens with one attached hydrogen (secondary N) is 1. The SMILES string of the molecule is CCc1ccc(CCNC(=O)COC(c2ccccc2)[C@H](OC)C(=O)O)cc1. The molecule has 0 bridgehead atoms. The molecule has 150 valence electrons. The van der Waals surface area contributed by atoms with Crippen molar-refractivity contribution in [3.8, 4) is 0 Å². The maximum Gasteiger partial charge on any atom is 0.335 e. The van der Waals surface area contributed by atoms with Crippen LogP contribution in [-0.4, -0.2) is 43.3 Å². The third-order valence-electron chi connectivity index (χ3n) is 4.46. The zero-order valence-corrected chi connectivity index (χ0v) is 16.3. The van der Waals surface area contributed by atoms with Crippen molar-refractivity contribution in [2.45, 2.75) is 32.0 Å². The molecule has 2 rings (SSSR count). The van der Waals surface area contributed by atoms with Crippen molar-refractivity contribution in [2.24, 2.45) is 0 Å². The standard InChI is InChI=1S/C22H27NO5/c1-3-16-9-11-17(12-10-16)13-14-23-19(24)15-28-20(21(27-2)22(25)26)18-7-5-4-6-8-18/h4-12,20-21H,3,13-15H2,1-2H3,(H,23,24)(H,25,26)/t20?,21-/m0/s1. The van der Waals surface area contributed by atoms with Crippen LogP contribution in [0.3, 0.4) is 0 Å². The predicted molar refractivity (Wildman–Crippen MR) is 106 cm³/mol. The van der Waals surface area contributed by atoms with Crippen molar-refractivity contribution in [2.75, 3.05) is 20.3 Å². The second kappa shape index (κ2) is 11.2. The molecule has 2 atom stereocenters. The topological polar surface area (TPSA) is 84.9 Å². The van der Waals surface area contributed by atoms with Gasteiger partial charge in [-0.15, -0.1) is 0 Å². The molecule has 0 fully saturated rings. The summed E-state index contributed by atoms with van der Waals surface area (Å²) >= 11 is 0. The fourth-order valence-electron chi connectivity index (χ4n) is 2.86. The van der Waals surface area contributed by atoms with Crippen LogP contribution in [0.25, 0.3) is 0 Å². The summed E-state index contributed by atoms with van der Waals surface area (Å²) in [5.74, 6) is -1.45. The highest BCUT2D eigenvalue weighted by atomic mass is 16.6. The Morgan fingerprint density at radius 2 is 1.68 bits per heavy atom. The molecule has 0 spiro atoms. The average molecular weight is 385 g/mol. The lowest BCUT2D eigenvalue weighted by Crippen LogP contribution is -2.35. The summed E-state index contributed by atoms with van der Waals surface area (Å²) in [4.78, 5) is 23.6. The lowest BCUT2D eigenvalue weighted by atomic mass is 10.0. The Labute approximate surface area is 165 Å². The Hall–Kier alpha value is -2.70. The van der Waals surface area contributed by atoms with Crippen LogP contribution in [0.5, 0.6) is 0 Å². The Morgan fingerprint density at radius 3 is 2.25 bits per heavy atom. The van der Waals surface area contributed by atoms with E-state index in [2.05, 4.69) is 36.5 Å². The van der Waals surface area contributed by atoms with Crippen LogP contribution in [0.15, 0.2) is 54.6 Å². The Kier molecular flexibility index (Phi) is 8.65. The normalized spacial score (nSPS) is 12.9. The highest BCUT2D eigenvalue weighted by molar-refractivity contribution is 5.77. The summed E-state index contributed by atoms with van der Waals surface area (Å²) in [5.41, 5.74) is 3.06. The number of ether oxygens (including phenoxy) is 2. The van der Waals surface area contributed by atoms with Gasteiger partial charge < -0.3 is 19.9 Å². The van der Waals surface area contributed by atoms with Gasteiger partial charge in [0, 0.05) is 13.7 Å². The Balaban J connectivity index is 1.87. The number of methoxy groups -OCH3 is 1. The first-order valence-corrected chi connectivity index (χ1v) is 9.31. The zero-order chi connectivity index (χ0) is 20.4. The first-order chi connectivity index (χ1) is 13.5. The third-order valence-corrected chi connectivity index (χ3v) is 4.46. The lowest BCUT2D eigenvalue weighted by molar-refractivity contribution is -0.161. The van der Waals surface area contributed by atoms with Gasteiger partial charge in [-0.25, -0.2) is 4.79 Å². The van der Waals surface area contributed by atoms with Crippen molar-refractivity contribution in [3.63, 3.8) is 0 Å². The van der Waals surface area contributed by atoms with Gasteiger partial charge in [-0.05, 0) is 29.5 Å². The molecule has 0 aliphatic carbocycles. The van der Waals surface area contributed by atoms with E-state index in [9.17, 15) is 14.7 Å². The van der Waals surface area contributed by atoms with E-state index in [4.69, 9.17) is 9.47 Å². The fraction of sp³-hybridized carbons (Fsp3) is 0.364. The Morgan fingerprint density at radius 1 is 1.04 bits per heavy atom. The van der Waals surface area contributed by atoms with Crippen LogP contribution in [0.1, 0.15) is 29.7 Å². The van der Waals surface area contributed by atoms with Crippen molar-refractivity contribution in [3.05, 3.63) is 71.3 Å². The van der Waals surface area contributed by atoms with E-state index < -0.39 is 18.2 Å². The van der Waals surface area contributed by atoms with Crippen LogP contribution in [0.2, 0.25) is 0 Å². The zero-order valence-electron chi connectivity index (χ0n) is 16.3. The minimum Gasteiger partial charge on any atom is -0.479 e. The van der Waals surface area contributed by atoms with E-state index in [0.29, 0.717) is 18.5 Å². The molecule has 1 amide bonds. The molecular weight excluding hydrogens is 358 g/mol. The summed E-state index contributed by atoms with van der Waals surface area (Å²) in [6.45, 7) is 2.34. The first kappa shape index (κ1) is 21.6. The molecule has 0 saturated carbocycles. The largest absolute Gasteiger partial charge is 0.479 e. The van der Waals surface area contributed by atoms with Crippen molar-refractivity contribution >= 4 is 11.9 Å². The number of aliphatic carboxylic acids is 1. The molecule has 0 saturated heterocycles. The van der Waals surface area contributed by atoms with Crippen molar-refractivity contribution < 1.29 is 24.2 Å². The first-order valence-electron chi connectivity index (χ1n) is 9.31. The highest BCUT2D eigenvalue weighted by Gasteiger charge is 2.30. The van der Waals surface area contributed by atoms with Crippen molar-refractivity contribution in [1.29, 1.82) is 0 Å². The molecule has 0 aliphatic rings. The second-order valence-electron chi connectivity index (χ2n) is 6.41.